The smallest absolute Gasteiger partial charge is 0.00751 e. The summed E-state index contributed by atoms with van der Waals surface area (Å²) < 4.78 is 0.448. The van der Waals surface area contributed by atoms with Gasteiger partial charge in [-0.25, -0.2) is 0 Å². The van der Waals surface area contributed by atoms with E-state index in [1.165, 1.54) is 12.2 Å². The molecule has 0 saturated heterocycles. The van der Waals surface area contributed by atoms with Gasteiger partial charge in [-0.3, -0.25) is 0 Å². The first-order valence-corrected chi connectivity index (χ1v) is 5.08. The molecular weight excluding hydrogens is 140 g/mol. The minimum atomic E-state index is 0.448. The van der Waals surface area contributed by atoms with E-state index in [9.17, 15) is 0 Å². The molecule has 0 spiro atoms. The molecule has 0 heterocycles. The van der Waals surface area contributed by atoms with Crippen LogP contribution in [0.1, 0.15) is 41.0 Å². The number of hydrogen-bond donors (Lipinski definition) is 0. The van der Waals surface area contributed by atoms with E-state index in [0.29, 0.717) is 4.75 Å². The van der Waals surface area contributed by atoms with E-state index in [2.05, 4.69) is 46.4 Å². The third-order valence-corrected chi connectivity index (χ3v) is 3.10. The monoisotopic (exact) mass is 160 g/mol. The molecule has 0 radical (unpaired) electrons. The maximum Gasteiger partial charge on any atom is 0.00751 e. The molecule has 0 N–H and O–H groups in total. The van der Waals surface area contributed by atoms with Crippen LogP contribution in [0.5, 0.6) is 0 Å². The zero-order chi connectivity index (χ0) is 8.20. The van der Waals surface area contributed by atoms with E-state index in [4.69, 9.17) is 0 Å². The zero-order valence-electron chi connectivity index (χ0n) is 7.90. The van der Waals surface area contributed by atoms with Crippen LogP contribution in [0.2, 0.25) is 0 Å². The van der Waals surface area contributed by atoms with E-state index in [1.807, 2.05) is 0 Å². The van der Waals surface area contributed by atoms with E-state index in [0.717, 1.165) is 5.92 Å². The van der Waals surface area contributed by atoms with E-state index >= 15 is 0 Å². The Morgan fingerprint density at radius 3 is 2.10 bits per heavy atom. The van der Waals surface area contributed by atoms with Crippen LogP contribution >= 0.6 is 11.8 Å². The summed E-state index contributed by atoms with van der Waals surface area (Å²) >= 11 is 2.07. The highest BCUT2D eigenvalue weighted by Crippen LogP contribution is 2.25. The van der Waals surface area contributed by atoms with Gasteiger partial charge in [0.05, 0.1) is 0 Å². The molecule has 0 aromatic rings. The molecule has 0 unspecified atom stereocenters. The van der Waals surface area contributed by atoms with Crippen molar-refractivity contribution in [3.63, 3.8) is 0 Å². The molecule has 1 atom stereocenters. The average Bonchev–Trinajstić information content (AvgIpc) is 1.81. The maximum atomic E-state index is 2.32. The molecule has 1 heteroatoms. The van der Waals surface area contributed by atoms with Gasteiger partial charge < -0.3 is 0 Å². The minimum Gasteiger partial charge on any atom is -0.156 e. The highest BCUT2D eigenvalue weighted by atomic mass is 32.2. The standard InChI is InChI=1S/C9H20S/c1-6-8(2)7-10-9(3,4)5/h8H,6-7H2,1-5H3/t8-/m1/s1. The van der Waals surface area contributed by atoms with Gasteiger partial charge in [-0.05, 0) is 11.7 Å². The van der Waals surface area contributed by atoms with Gasteiger partial charge in [0.1, 0.15) is 0 Å². The largest absolute Gasteiger partial charge is 0.156 e. The second-order valence-corrected chi connectivity index (χ2v) is 5.78. The van der Waals surface area contributed by atoms with Crippen LogP contribution in [0, 0.1) is 5.92 Å². The summed E-state index contributed by atoms with van der Waals surface area (Å²) in [5.41, 5.74) is 0. The zero-order valence-corrected chi connectivity index (χ0v) is 8.72. The second-order valence-electron chi connectivity index (χ2n) is 3.94. The van der Waals surface area contributed by atoms with Gasteiger partial charge in [-0.1, -0.05) is 41.0 Å². The van der Waals surface area contributed by atoms with Crippen LogP contribution in [-0.4, -0.2) is 10.5 Å². The van der Waals surface area contributed by atoms with Gasteiger partial charge in [0.2, 0.25) is 0 Å². The number of hydrogen-bond acceptors (Lipinski definition) is 1. The Hall–Kier alpha value is 0.350. The van der Waals surface area contributed by atoms with Crippen molar-refractivity contribution in [1.82, 2.24) is 0 Å². The van der Waals surface area contributed by atoms with Gasteiger partial charge >= 0.3 is 0 Å². The van der Waals surface area contributed by atoms with Crippen molar-refractivity contribution in [3.8, 4) is 0 Å². The van der Waals surface area contributed by atoms with E-state index < -0.39 is 0 Å². The average molecular weight is 160 g/mol. The quantitative estimate of drug-likeness (QED) is 0.608. The Labute approximate surface area is 69.8 Å². The molecule has 0 saturated carbocycles. The molecule has 0 aliphatic rings. The molecule has 0 aliphatic carbocycles. The summed E-state index contributed by atoms with van der Waals surface area (Å²) in [7, 11) is 0. The first kappa shape index (κ1) is 10.3. The third kappa shape index (κ3) is 6.47. The minimum absolute atomic E-state index is 0.448. The molecule has 10 heavy (non-hydrogen) atoms. The molecule has 0 amide bonds. The molecule has 0 fully saturated rings. The number of rotatable bonds is 3. The van der Waals surface area contributed by atoms with Crippen molar-refractivity contribution in [2.24, 2.45) is 5.92 Å². The predicted octanol–water partition coefficient (Wildman–Crippen LogP) is 3.56. The first-order chi connectivity index (χ1) is 4.45. The lowest BCUT2D eigenvalue weighted by molar-refractivity contribution is 0.632. The van der Waals surface area contributed by atoms with Crippen molar-refractivity contribution in [3.05, 3.63) is 0 Å². The van der Waals surface area contributed by atoms with Crippen LogP contribution in [0.25, 0.3) is 0 Å². The SMILES string of the molecule is CC[C@@H](C)CSC(C)(C)C. The van der Waals surface area contributed by atoms with Gasteiger partial charge in [0.15, 0.2) is 0 Å². The lowest BCUT2D eigenvalue weighted by Gasteiger charge is -2.19. The predicted molar refractivity (Wildman–Crippen MR) is 51.7 cm³/mol. The molecule has 0 bridgehead atoms. The van der Waals surface area contributed by atoms with E-state index in [1.54, 1.807) is 0 Å². The highest BCUT2D eigenvalue weighted by Gasteiger charge is 2.11. The van der Waals surface area contributed by atoms with Crippen molar-refractivity contribution in [2.45, 2.75) is 45.8 Å². The Kier molecular flexibility index (Phi) is 4.42. The summed E-state index contributed by atoms with van der Waals surface area (Å²) in [5.74, 6) is 2.18. The number of thioether (sulfide) groups is 1. The molecular formula is C9H20S. The van der Waals surface area contributed by atoms with Crippen molar-refractivity contribution in [1.29, 1.82) is 0 Å². The fourth-order valence-corrected chi connectivity index (χ4v) is 1.53. The van der Waals surface area contributed by atoms with Gasteiger partial charge in [-0.2, -0.15) is 11.8 Å². The Morgan fingerprint density at radius 2 is 1.80 bits per heavy atom. The second kappa shape index (κ2) is 4.27. The van der Waals surface area contributed by atoms with Crippen molar-refractivity contribution >= 4 is 11.8 Å². The topological polar surface area (TPSA) is 0 Å². The van der Waals surface area contributed by atoms with Crippen molar-refractivity contribution < 1.29 is 0 Å². The van der Waals surface area contributed by atoms with Crippen LogP contribution in [0.15, 0.2) is 0 Å². The molecule has 0 aromatic heterocycles. The van der Waals surface area contributed by atoms with Gasteiger partial charge in [-0.15, -0.1) is 0 Å². The lowest BCUT2D eigenvalue weighted by atomic mass is 10.2. The fourth-order valence-electron chi connectivity index (χ4n) is 0.510. The molecule has 0 nitrogen and oxygen atoms in total. The normalized spacial score (nSPS) is 15.3. The summed E-state index contributed by atoms with van der Waals surface area (Å²) in [6, 6.07) is 0. The molecule has 0 aliphatic heterocycles. The Morgan fingerprint density at radius 1 is 1.30 bits per heavy atom. The van der Waals surface area contributed by atoms with E-state index in [-0.39, 0.29) is 0 Å². The van der Waals surface area contributed by atoms with Crippen LogP contribution in [-0.2, 0) is 0 Å². The van der Waals surface area contributed by atoms with Crippen LogP contribution in [0.3, 0.4) is 0 Å². The highest BCUT2D eigenvalue weighted by molar-refractivity contribution is 8.00. The summed E-state index contributed by atoms with van der Waals surface area (Å²) in [6.45, 7) is 11.4. The van der Waals surface area contributed by atoms with Crippen LogP contribution < -0.4 is 0 Å². The van der Waals surface area contributed by atoms with Gasteiger partial charge in [0, 0.05) is 4.75 Å². The third-order valence-electron chi connectivity index (χ3n) is 1.50. The first-order valence-electron chi connectivity index (χ1n) is 4.09. The summed E-state index contributed by atoms with van der Waals surface area (Å²) in [6.07, 6.45) is 1.31. The fraction of sp³-hybridized carbons (Fsp3) is 1.00. The molecule has 0 aromatic carbocycles. The van der Waals surface area contributed by atoms with Crippen LogP contribution in [0.4, 0.5) is 0 Å². The molecule has 0 rings (SSSR count). The Bertz CT molecular complexity index is 81.2. The lowest BCUT2D eigenvalue weighted by Crippen LogP contribution is -2.11. The Balaban J connectivity index is 3.36. The maximum absolute atomic E-state index is 2.32. The van der Waals surface area contributed by atoms with Gasteiger partial charge in [0.25, 0.3) is 0 Å². The summed E-state index contributed by atoms with van der Waals surface area (Å²) in [4.78, 5) is 0. The summed E-state index contributed by atoms with van der Waals surface area (Å²) in [5, 5.41) is 0. The molecule has 62 valence electrons. The van der Waals surface area contributed by atoms with Crippen molar-refractivity contribution in [2.75, 3.05) is 5.75 Å².